The summed E-state index contributed by atoms with van der Waals surface area (Å²) in [6.07, 6.45) is -0.493. The van der Waals surface area contributed by atoms with Gasteiger partial charge in [0.05, 0.1) is 18.0 Å². The van der Waals surface area contributed by atoms with Gasteiger partial charge in [0.15, 0.2) is 0 Å². The highest BCUT2D eigenvalue weighted by Gasteiger charge is 2.09. The second kappa shape index (κ2) is 6.99. The molecule has 110 valence electrons. The molecule has 0 fully saturated rings. The Morgan fingerprint density at radius 1 is 1.14 bits per heavy atom. The number of aryl methyl sites for hydroxylation is 1. The number of carbonyl (C=O) groups excluding carboxylic acids is 1. The van der Waals surface area contributed by atoms with E-state index in [2.05, 4.69) is 10.6 Å². The maximum Gasteiger partial charge on any atom is 0.411 e. The first-order valence-electron chi connectivity index (χ1n) is 6.66. The number of hydrogen-bond acceptors (Lipinski definition) is 3. The number of rotatable bonds is 4. The van der Waals surface area contributed by atoms with Crippen molar-refractivity contribution in [3.8, 4) is 0 Å². The van der Waals surface area contributed by atoms with E-state index in [0.29, 0.717) is 23.0 Å². The monoisotopic (exact) mass is 304 g/mol. The van der Waals surface area contributed by atoms with Crippen LogP contribution in [0.15, 0.2) is 42.5 Å². The number of anilines is 3. The Labute approximate surface area is 129 Å². The van der Waals surface area contributed by atoms with E-state index in [9.17, 15) is 4.79 Å². The number of benzene rings is 2. The fourth-order valence-electron chi connectivity index (χ4n) is 1.86. The molecule has 0 aliphatic heterocycles. The second-order valence-electron chi connectivity index (χ2n) is 4.48. The number of hydrogen-bond donors (Lipinski definition) is 2. The zero-order valence-corrected chi connectivity index (χ0v) is 12.7. The Balaban J connectivity index is 2.27. The first-order chi connectivity index (χ1) is 10.1. The Morgan fingerprint density at radius 3 is 2.62 bits per heavy atom. The predicted molar refractivity (Wildman–Crippen MR) is 86.6 cm³/mol. The molecule has 4 nitrogen and oxygen atoms in total. The van der Waals surface area contributed by atoms with Crippen LogP contribution in [0.5, 0.6) is 0 Å². The second-order valence-corrected chi connectivity index (χ2v) is 4.91. The highest BCUT2D eigenvalue weighted by atomic mass is 35.5. The SMILES string of the molecule is CCOC(=O)Nc1ccc(Cl)cc1Nc1ccccc1C. The summed E-state index contributed by atoms with van der Waals surface area (Å²) in [6, 6.07) is 13.1. The molecule has 0 aromatic heterocycles. The average molecular weight is 305 g/mol. The molecule has 2 aromatic rings. The zero-order chi connectivity index (χ0) is 15.2. The topological polar surface area (TPSA) is 50.4 Å². The van der Waals surface area contributed by atoms with E-state index in [1.807, 2.05) is 31.2 Å². The predicted octanol–water partition coefficient (Wildman–Crippen LogP) is 4.96. The minimum absolute atomic E-state index is 0.319. The smallest absolute Gasteiger partial charge is 0.411 e. The summed E-state index contributed by atoms with van der Waals surface area (Å²) in [4.78, 5) is 11.6. The summed E-state index contributed by atoms with van der Waals surface area (Å²) < 4.78 is 4.89. The van der Waals surface area contributed by atoms with Crippen LogP contribution in [0.25, 0.3) is 0 Å². The van der Waals surface area contributed by atoms with E-state index in [1.165, 1.54) is 0 Å². The van der Waals surface area contributed by atoms with Gasteiger partial charge in [-0.25, -0.2) is 4.79 Å². The van der Waals surface area contributed by atoms with E-state index < -0.39 is 6.09 Å². The molecule has 21 heavy (non-hydrogen) atoms. The summed E-state index contributed by atoms with van der Waals surface area (Å²) in [7, 11) is 0. The number of halogens is 1. The lowest BCUT2D eigenvalue weighted by Gasteiger charge is -2.15. The van der Waals surface area contributed by atoms with Crippen LogP contribution >= 0.6 is 11.6 Å². The molecule has 2 rings (SSSR count). The summed E-state index contributed by atoms with van der Waals surface area (Å²) >= 11 is 6.04. The van der Waals surface area contributed by atoms with Crippen molar-refractivity contribution in [3.63, 3.8) is 0 Å². The zero-order valence-electron chi connectivity index (χ0n) is 11.9. The quantitative estimate of drug-likeness (QED) is 0.839. The summed E-state index contributed by atoms with van der Waals surface area (Å²) in [5.41, 5.74) is 3.37. The van der Waals surface area contributed by atoms with Gasteiger partial charge in [0, 0.05) is 10.7 Å². The van der Waals surface area contributed by atoms with Gasteiger partial charge < -0.3 is 10.1 Å². The van der Waals surface area contributed by atoms with Crippen LogP contribution < -0.4 is 10.6 Å². The van der Waals surface area contributed by atoms with E-state index >= 15 is 0 Å². The van der Waals surface area contributed by atoms with Crippen molar-refractivity contribution in [3.05, 3.63) is 53.1 Å². The molecule has 0 radical (unpaired) electrons. The molecule has 0 bridgehead atoms. The fraction of sp³-hybridized carbons (Fsp3) is 0.188. The van der Waals surface area contributed by atoms with Gasteiger partial charge in [0.2, 0.25) is 0 Å². The van der Waals surface area contributed by atoms with Crippen LogP contribution in [0.4, 0.5) is 21.9 Å². The third-order valence-corrected chi connectivity index (χ3v) is 3.14. The molecular weight excluding hydrogens is 288 g/mol. The van der Waals surface area contributed by atoms with Crippen molar-refractivity contribution in [2.45, 2.75) is 13.8 Å². The highest BCUT2D eigenvalue weighted by Crippen LogP contribution is 2.30. The minimum Gasteiger partial charge on any atom is -0.450 e. The summed E-state index contributed by atoms with van der Waals surface area (Å²) in [5.74, 6) is 0. The molecule has 0 spiro atoms. The molecule has 5 heteroatoms. The number of nitrogens with one attached hydrogen (secondary N) is 2. The first kappa shape index (κ1) is 15.2. The lowest BCUT2D eigenvalue weighted by atomic mass is 10.2. The van der Waals surface area contributed by atoms with E-state index in [1.54, 1.807) is 25.1 Å². The molecular formula is C16H17ClN2O2. The van der Waals surface area contributed by atoms with Gasteiger partial charge in [-0.15, -0.1) is 0 Å². The van der Waals surface area contributed by atoms with Crippen LogP contribution in [0.2, 0.25) is 5.02 Å². The van der Waals surface area contributed by atoms with E-state index in [-0.39, 0.29) is 0 Å². The lowest BCUT2D eigenvalue weighted by molar-refractivity contribution is 0.168. The Hall–Kier alpha value is -2.20. The van der Waals surface area contributed by atoms with Gasteiger partial charge in [0.25, 0.3) is 0 Å². The highest BCUT2D eigenvalue weighted by molar-refractivity contribution is 6.31. The minimum atomic E-state index is -0.493. The van der Waals surface area contributed by atoms with Gasteiger partial charge in [-0.2, -0.15) is 0 Å². The largest absolute Gasteiger partial charge is 0.450 e. The normalized spacial score (nSPS) is 10.0. The lowest BCUT2D eigenvalue weighted by Crippen LogP contribution is -2.14. The molecule has 0 unspecified atom stereocenters. The van der Waals surface area contributed by atoms with Crippen LogP contribution in [0, 0.1) is 6.92 Å². The number of ether oxygens (including phenoxy) is 1. The van der Waals surface area contributed by atoms with Crippen molar-refractivity contribution in [1.82, 2.24) is 0 Å². The van der Waals surface area contributed by atoms with Gasteiger partial charge >= 0.3 is 6.09 Å². The molecule has 0 heterocycles. The standard InChI is InChI=1S/C16H17ClN2O2/c1-3-21-16(20)19-14-9-8-12(17)10-15(14)18-13-7-5-4-6-11(13)2/h4-10,18H,3H2,1-2H3,(H,19,20). The fourth-order valence-corrected chi connectivity index (χ4v) is 2.04. The molecule has 2 aromatic carbocycles. The molecule has 0 saturated heterocycles. The number of para-hydroxylation sites is 1. The molecule has 2 N–H and O–H groups in total. The van der Waals surface area contributed by atoms with E-state index in [4.69, 9.17) is 16.3 Å². The molecule has 0 saturated carbocycles. The molecule has 1 amide bonds. The van der Waals surface area contributed by atoms with Gasteiger partial charge in [0.1, 0.15) is 0 Å². The molecule has 0 aliphatic carbocycles. The number of amides is 1. The van der Waals surface area contributed by atoms with Crippen LogP contribution in [0.1, 0.15) is 12.5 Å². The van der Waals surface area contributed by atoms with Gasteiger partial charge in [-0.1, -0.05) is 29.8 Å². The Bertz CT molecular complexity index is 644. The first-order valence-corrected chi connectivity index (χ1v) is 7.04. The average Bonchev–Trinajstić information content (AvgIpc) is 2.44. The number of carbonyl (C=O) groups is 1. The molecule has 0 aliphatic rings. The third-order valence-electron chi connectivity index (χ3n) is 2.91. The van der Waals surface area contributed by atoms with Crippen LogP contribution in [-0.2, 0) is 4.74 Å². The van der Waals surface area contributed by atoms with Crippen molar-refractivity contribution in [2.24, 2.45) is 0 Å². The molecule has 0 atom stereocenters. The van der Waals surface area contributed by atoms with Gasteiger partial charge in [-0.3, -0.25) is 5.32 Å². The summed E-state index contributed by atoms with van der Waals surface area (Å²) in [5, 5.41) is 6.55. The Kier molecular flexibility index (Phi) is 5.06. The van der Waals surface area contributed by atoms with Crippen molar-refractivity contribution < 1.29 is 9.53 Å². The van der Waals surface area contributed by atoms with Gasteiger partial charge in [-0.05, 0) is 43.7 Å². The van der Waals surface area contributed by atoms with Crippen LogP contribution in [-0.4, -0.2) is 12.7 Å². The maximum absolute atomic E-state index is 11.6. The third kappa shape index (κ3) is 4.13. The van der Waals surface area contributed by atoms with Crippen molar-refractivity contribution >= 4 is 34.8 Å². The van der Waals surface area contributed by atoms with E-state index in [0.717, 1.165) is 11.3 Å². The Morgan fingerprint density at radius 2 is 1.90 bits per heavy atom. The summed E-state index contributed by atoms with van der Waals surface area (Å²) in [6.45, 7) is 4.08. The van der Waals surface area contributed by atoms with Crippen molar-refractivity contribution in [2.75, 3.05) is 17.2 Å². The van der Waals surface area contributed by atoms with Crippen LogP contribution in [0.3, 0.4) is 0 Å². The maximum atomic E-state index is 11.6. The van der Waals surface area contributed by atoms with Crippen molar-refractivity contribution in [1.29, 1.82) is 0 Å².